The third-order valence-electron chi connectivity index (χ3n) is 3.82. The first kappa shape index (κ1) is 17.6. The van der Waals surface area contributed by atoms with E-state index in [1.54, 1.807) is 32.2 Å². The molecule has 0 unspecified atom stereocenters. The molecule has 0 amide bonds. The second kappa shape index (κ2) is 7.68. The van der Waals surface area contributed by atoms with Crippen molar-refractivity contribution in [2.24, 2.45) is 7.05 Å². The van der Waals surface area contributed by atoms with Gasteiger partial charge in [-0.2, -0.15) is 0 Å². The molecule has 1 aromatic carbocycles. The first-order valence-corrected chi connectivity index (χ1v) is 7.73. The van der Waals surface area contributed by atoms with E-state index in [0.29, 0.717) is 28.9 Å². The molecule has 0 aliphatic heterocycles. The molecule has 4 heteroatoms. The number of benzene rings is 1. The van der Waals surface area contributed by atoms with Crippen LogP contribution < -0.4 is 5.56 Å². The Morgan fingerprint density at radius 2 is 2.17 bits per heavy atom. The Balaban J connectivity index is 2.45. The van der Waals surface area contributed by atoms with Crippen LogP contribution in [-0.2, 0) is 13.5 Å². The summed E-state index contributed by atoms with van der Waals surface area (Å²) in [5.41, 5.74) is 2.28. The van der Waals surface area contributed by atoms with Crippen LogP contribution in [0.5, 0.6) is 0 Å². The van der Waals surface area contributed by atoms with Gasteiger partial charge in [-0.3, -0.25) is 9.36 Å². The summed E-state index contributed by atoms with van der Waals surface area (Å²) in [6.45, 7) is 7.32. The molecule has 24 heavy (non-hydrogen) atoms. The van der Waals surface area contributed by atoms with Crippen LogP contribution in [0.1, 0.15) is 18.3 Å². The summed E-state index contributed by atoms with van der Waals surface area (Å²) in [6, 6.07) is 4.77. The average Bonchev–Trinajstić information content (AvgIpc) is 2.55. The third kappa shape index (κ3) is 3.77. The van der Waals surface area contributed by atoms with Gasteiger partial charge in [-0.1, -0.05) is 43.0 Å². The van der Waals surface area contributed by atoms with Crippen LogP contribution in [0.15, 0.2) is 65.6 Å². The zero-order chi connectivity index (χ0) is 17.7. The van der Waals surface area contributed by atoms with Crippen molar-refractivity contribution in [2.45, 2.75) is 20.3 Å². The topological polar surface area (TPSA) is 34.9 Å². The van der Waals surface area contributed by atoms with E-state index < -0.39 is 0 Å². The van der Waals surface area contributed by atoms with E-state index in [4.69, 9.17) is 0 Å². The first-order valence-electron chi connectivity index (χ1n) is 7.73. The van der Waals surface area contributed by atoms with Gasteiger partial charge in [0.1, 0.15) is 11.6 Å². The van der Waals surface area contributed by atoms with E-state index in [9.17, 15) is 9.18 Å². The van der Waals surface area contributed by atoms with Gasteiger partial charge in [-0.05, 0) is 36.6 Å². The molecule has 0 atom stereocenters. The summed E-state index contributed by atoms with van der Waals surface area (Å²) in [5.74, 6) is 0.311. The van der Waals surface area contributed by atoms with Gasteiger partial charge in [0.05, 0.1) is 5.56 Å². The fraction of sp³-hybridized carbons (Fsp3) is 0.200. The van der Waals surface area contributed by atoms with E-state index in [2.05, 4.69) is 11.6 Å². The molecule has 1 aromatic heterocycles. The van der Waals surface area contributed by atoms with Gasteiger partial charge in [-0.25, -0.2) is 9.37 Å². The second-order valence-corrected chi connectivity index (χ2v) is 5.57. The lowest BCUT2D eigenvalue weighted by Gasteiger charge is -2.10. The molecule has 0 bridgehead atoms. The SMILES string of the molecule is C=C/C=C(\C=C/C)Cc1ncc(-c2ccc(C)c(F)c2)c(=O)n1C. The van der Waals surface area contributed by atoms with E-state index in [1.807, 2.05) is 25.2 Å². The number of halogens is 1. The fourth-order valence-electron chi connectivity index (χ4n) is 2.42. The zero-order valence-electron chi connectivity index (χ0n) is 14.2. The van der Waals surface area contributed by atoms with Gasteiger partial charge in [0.2, 0.25) is 0 Å². The molecule has 0 spiro atoms. The number of aryl methyl sites for hydroxylation is 1. The molecule has 1 heterocycles. The summed E-state index contributed by atoms with van der Waals surface area (Å²) < 4.78 is 15.3. The maximum Gasteiger partial charge on any atom is 0.261 e. The maximum atomic E-state index is 13.8. The minimum absolute atomic E-state index is 0.193. The predicted octanol–water partition coefficient (Wildman–Crippen LogP) is 4.13. The molecule has 2 aromatic rings. The Kier molecular flexibility index (Phi) is 5.64. The van der Waals surface area contributed by atoms with Crippen LogP contribution in [0.25, 0.3) is 11.1 Å². The summed E-state index contributed by atoms with van der Waals surface area (Å²) in [4.78, 5) is 17.0. The molecule has 0 radical (unpaired) electrons. The first-order chi connectivity index (χ1) is 11.5. The normalized spacial score (nSPS) is 11.9. The number of nitrogens with zero attached hydrogens (tertiary/aromatic N) is 2. The molecule has 0 aliphatic rings. The van der Waals surface area contributed by atoms with Gasteiger partial charge < -0.3 is 0 Å². The average molecular weight is 324 g/mol. The predicted molar refractivity (Wildman–Crippen MR) is 96.4 cm³/mol. The Morgan fingerprint density at radius 1 is 1.42 bits per heavy atom. The minimum atomic E-state index is -0.331. The maximum absolute atomic E-state index is 13.8. The van der Waals surface area contributed by atoms with E-state index in [-0.39, 0.29) is 11.4 Å². The van der Waals surface area contributed by atoms with Crippen LogP contribution >= 0.6 is 0 Å². The Morgan fingerprint density at radius 3 is 2.79 bits per heavy atom. The summed E-state index contributed by atoms with van der Waals surface area (Å²) >= 11 is 0. The molecular formula is C20H21FN2O. The molecule has 0 N–H and O–H groups in total. The van der Waals surface area contributed by atoms with E-state index in [0.717, 1.165) is 5.57 Å². The van der Waals surface area contributed by atoms with E-state index in [1.165, 1.54) is 16.8 Å². The quantitative estimate of drug-likeness (QED) is 0.775. The molecule has 0 saturated carbocycles. The zero-order valence-corrected chi connectivity index (χ0v) is 14.2. The molecule has 0 aliphatic carbocycles. The third-order valence-corrected chi connectivity index (χ3v) is 3.82. The highest BCUT2D eigenvalue weighted by molar-refractivity contribution is 5.62. The van der Waals surface area contributed by atoms with Gasteiger partial charge in [0.25, 0.3) is 5.56 Å². The Labute approximate surface area is 141 Å². The summed E-state index contributed by atoms with van der Waals surface area (Å²) in [6.07, 6.45) is 9.51. The van der Waals surface area contributed by atoms with Crippen molar-refractivity contribution in [2.75, 3.05) is 0 Å². The summed E-state index contributed by atoms with van der Waals surface area (Å²) in [7, 11) is 1.68. The van der Waals surface area contributed by atoms with Gasteiger partial charge >= 0.3 is 0 Å². The molecule has 3 nitrogen and oxygen atoms in total. The van der Waals surface area contributed by atoms with Crippen LogP contribution in [0.2, 0.25) is 0 Å². The highest BCUT2D eigenvalue weighted by Crippen LogP contribution is 2.18. The fourth-order valence-corrected chi connectivity index (χ4v) is 2.42. The van der Waals surface area contributed by atoms with Crippen LogP contribution in [0, 0.1) is 12.7 Å². The molecular weight excluding hydrogens is 303 g/mol. The summed E-state index contributed by atoms with van der Waals surface area (Å²) in [5, 5.41) is 0. The van der Waals surface area contributed by atoms with Crippen LogP contribution in [0.4, 0.5) is 4.39 Å². The van der Waals surface area contributed by atoms with Crippen molar-refractivity contribution in [1.29, 1.82) is 0 Å². The number of allylic oxidation sites excluding steroid dienone is 5. The van der Waals surface area contributed by atoms with Gasteiger partial charge in [-0.15, -0.1) is 0 Å². The monoisotopic (exact) mass is 324 g/mol. The number of rotatable bonds is 5. The number of hydrogen-bond acceptors (Lipinski definition) is 2. The standard InChI is InChI=1S/C20H21FN2O/c1-5-7-15(8-6-2)11-19-22-13-17(20(24)23(19)4)16-10-9-14(3)18(21)12-16/h5-10,12-13H,1,11H2,2-4H3/b8-6-,15-7+. The highest BCUT2D eigenvalue weighted by atomic mass is 19.1. The largest absolute Gasteiger partial charge is 0.299 e. The van der Waals surface area contributed by atoms with Gasteiger partial charge in [0, 0.05) is 19.7 Å². The van der Waals surface area contributed by atoms with E-state index >= 15 is 0 Å². The molecule has 124 valence electrons. The minimum Gasteiger partial charge on any atom is -0.299 e. The van der Waals surface area contributed by atoms with Crippen LogP contribution in [-0.4, -0.2) is 9.55 Å². The smallest absolute Gasteiger partial charge is 0.261 e. The van der Waals surface area contributed by atoms with Crippen molar-refractivity contribution in [1.82, 2.24) is 9.55 Å². The van der Waals surface area contributed by atoms with Gasteiger partial charge in [0.15, 0.2) is 0 Å². The van der Waals surface area contributed by atoms with Crippen molar-refractivity contribution in [3.05, 3.63) is 88.4 Å². The molecule has 2 rings (SSSR count). The lowest BCUT2D eigenvalue weighted by Crippen LogP contribution is -2.23. The van der Waals surface area contributed by atoms with Crippen LogP contribution in [0.3, 0.4) is 0 Å². The molecule has 0 fully saturated rings. The second-order valence-electron chi connectivity index (χ2n) is 5.57. The lowest BCUT2D eigenvalue weighted by molar-refractivity contribution is 0.619. The van der Waals surface area contributed by atoms with Crippen molar-refractivity contribution < 1.29 is 4.39 Å². The molecule has 0 saturated heterocycles. The highest BCUT2D eigenvalue weighted by Gasteiger charge is 2.11. The van der Waals surface area contributed by atoms with Crippen molar-refractivity contribution in [3.63, 3.8) is 0 Å². The van der Waals surface area contributed by atoms with Crippen molar-refractivity contribution >= 4 is 0 Å². The number of hydrogen-bond donors (Lipinski definition) is 0. The van der Waals surface area contributed by atoms with Crippen molar-refractivity contribution in [3.8, 4) is 11.1 Å². The lowest BCUT2D eigenvalue weighted by atomic mass is 10.1. The Hall–Kier alpha value is -2.75. The Bertz CT molecular complexity index is 876. The number of aromatic nitrogens is 2.